The Morgan fingerprint density at radius 3 is 1.57 bits per heavy atom. The summed E-state index contributed by atoms with van der Waals surface area (Å²) in [5.74, 6) is -1.08. The summed E-state index contributed by atoms with van der Waals surface area (Å²) in [6.07, 6.45) is 3.10. The van der Waals surface area contributed by atoms with Crippen LogP contribution in [-0.2, 0) is 23.1 Å². The molecule has 2 bridgehead atoms. The number of allylic oxidation sites excluding steroid dienone is 1. The first-order chi connectivity index (χ1) is 30.0. The molecule has 2 spiro atoms. The highest BCUT2D eigenvalue weighted by molar-refractivity contribution is 7.00. The lowest BCUT2D eigenvalue weighted by Gasteiger charge is -2.64. The Balaban J connectivity index is 1.17. The van der Waals surface area contributed by atoms with Crippen molar-refractivity contribution in [3.8, 4) is 0 Å². The lowest BCUT2D eigenvalue weighted by Crippen LogP contribution is -2.73. The van der Waals surface area contributed by atoms with Crippen LogP contribution in [0.2, 0.25) is 10.1 Å². The number of aliphatic hydroxyl groups is 2. The molecule has 336 valence electrons. The van der Waals surface area contributed by atoms with Gasteiger partial charge in [0.05, 0.1) is 32.5 Å². The van der Waals surface area contributed by atoms with Gasteiger partial charge in [0.2, 0.25) is 0 Å². The van der Waals surface area contributed by atoms with E-state index in [0.717, 1.165) is 19.3 Å². The minimum Gasteiger partial charge on any atom is -0.407 e. The van der Waals surface area contributed by atoms with Crippen molar-refractivity contribution in [3.05, 3.63) is 133 Å². The fraction of sp³-hybridized carbons (Fsp3) is 0.519. The van der Waals surface area contributed by atoms with E-state index in [1.54, 1.807) is 0 Å². The zero-order chi connectivity index (χ0) is 44.5. The molecule has 9 rings (SSSR count). The Kier molecular flexibility index (Phi) is 11.6. The topological polar surface area (TPSA) is 86.6 Å². The summed E-state index contributed by atoms with van der Waals surface area (Å²) < 4.78 is 35.6. The molecule has 4 aromatic carbocycles. The minimum absolute atomic E-state index is 0.0184. The van der Waals surface area contributed by atoms with Gasteiger partial charge in [0.1, 0.15) is 11.7 Å². The average Bonchev–Trinajstić information content (AvgIpc) is 3.86. The van der Waals surface area contributed by atoms with Gasteiger partial charge < -0.3 is 33.3 Å². The van der Waals surface area contributed by atoms with E-state index in [9.17, 15) is 10.2 Å². The maximum atomic E-state index is 13.1. The van der Waals surface area contributed by atoms with E-state index in [1.807, 2.05) is 0 Å². The van der Waals surface area contributed by atoms with Crippen LogP contribution >= 0.6 is 0 Å². The number of benzene rings is 4. The van der Waals surface area contributed by atoms with Crippen molar-refractivity contribution in [2.24, 2.45) is 28.6 Å². The Hall–Kier alpha value is -3.23. The van der Waals surface area contributed by atoms with Crippen molar-refractivity contribution in [1.29, 1.82) is 0 Å². The third-order valence-corrected chi connectivity index (χ3v) is 26.7. The predicted octanol–water partition coefficient (Wildman–Crippen LogP) is 7.76. The van der Waals surface area contributed by atoms with Crippen molar-refractivity contribution in [2.45, 2.75) is 115 Å². The Bertz CT molecular complexity index is 2160. The molecular weight excluding hydrogens is 817 g/mol. The molecule has 5 aliphatic rings. The van der Waals surface area contributed by atoms with Gasteiger partial charge in [-0.3, -0.25) is 0 Å². The first kappa shape index (κ1) is 45.0. The van der Waals surface area contributed by atoms with E-state index in [-0.39, 0.29) is 34.4 Å². The van der Waals surface area contributed by atoms with E-state index in [2.05, 4.69) is 183 Å². The molecule has 9 heteroatoms. The number of hydrogen-bond donors (Lipinski definition) is 2. The van der Waals surface area contributed by atoms with Crippen LogP contribution in [0.15, 0.2) is 133 Å². The van der Waals surface area contributed by atoms with Crippen LogP contribution in [0.4, 0.5) is 0 Å². The van der Waals surface area contributed by atoms with E-state index < -0.39 is 51.1 Å². The molecule has 0 radical (unpaired) electrons. The van der Waals surface area contributed by atoms with Gasteiger partial charge in [-0.05, 0) is 55.5 Å². The fourth-order valence-corrected chi connectivity index (χ4v) is 23.2. The Morgan fingerprint density at radius 1 is 0.651 bits per heavy atom. The molecule has 4 fully saturated rings. The second-order valence-electron chi connectivity index (χ2n) is 21.7. The van der Waals surface area contributed by atoms with E-state index in [4.69, 9.17) is 23.1 Å². The zero-order valence-electron chi connectivity index (χ0n) is 38.8. The molecule has 7 nitrogen and oxygen atoms in total. The zero-order valence-corrected chi connectivity index (χ0v) is 40.8. The SMILES string of the molecule is C[C@H]1C2=CC[C@@]34CO[C@@](CO[Si](c5ccccc5)(c5ccccc5)C(C)(C)C)([C@@H]3CCO[Si](c3ccccc3)(c3ccccc3)C(C)(C)C)[C@@H](O)[C@H](O)[C@@H]4[C@@]2(C)CCC12OCCO2. The lowest BCUT2D eigenvalue weighted by atomic mass is 9.41. The van der Waals surface area contributed by atoms with Gasteiger partial charge in [0.15, 0.2) is 5.79 Å². The van der Waals surface area contributed by atoms with Crippen LogP contribution in [0.1, 0.15) is 81.1 Å². The molecule has 0 unspecified atom stereocenters. The van der Waals surface area contributed by atoms with Gasteiger partial charge in [-0.25, -0.2) is 0 Å². The van der Waals surface area contributed by atoms with Crippen LogP contribution in [-0.4, -0.2) is 83.5 Å². The molecule has 8 atom stereocenters. The predicted molar refractivity (Wildman–Crippen MR) is 256 cm³/mol. The largest absolute Gasteiger partial charge is 0.407 e. The molecule has 3 aliphatic carbocycles. The van der Waals surface area contributed by atoms with Crippen molar-refractivity contribution in [2.75, 3.05) is 33.0 Å². The highest BCUT2D eigenvalue weighted by atomic mass is 28.4. The number of hydrogen-bond acceptors (Lipinski definition) is 7. The van der Waals surface area contributed by atoms with Crippen LogP contribution in [0, 0.1) is 28.6 Å². The molecule has 2 saturated carbocycles. The van der Waals surface area contributed by atoms with Crippen molar-refractivity contribution in [3.63, 3.8) is 0 Å². The van der Waals surface area contributed by atoms with Gasteiger partial charge in [-0.2, -0.15) is 0 Å². The number of ether oxygens (including phenoxy) is 3. The monoisotopic (exact) mass is 886 g/mol. The van der Waals surface area contributed by atoms with E-state index in [0.29, 0.717) is 32.8 Å². The summed E-state index contributed by atoms with van der Waals surface area (Å²) in [4.78, 5) is 0. The van der Waals surface area contributed by atoms with Gasteiger partial charge in [-0.1, -0.05) is 188 Å². The van der Waals surface area contributed by atoms with Gasteiger partial charge in [0.25, 0.3) is 16.6 Å². The lowest BCUT2D eigenvalue weighted by molar-refractivity contribution is -0.242. The first-order valence-corrected chi connectivity index (χ1v) is 27.3. The maximum absolute atomic E-state index is 13.1. The Morgan fingerprint density at radius 2 is 1.11 bits per heavy atom. The smallest absolute Gasteiger partial charge is 0.261 e. The molecule has 2 saturated heterocycles. The summed E-state index contributed by atoms with van der Waals surface area (Å²) in [5.41, 5.74) is -0.808. The molecular formula is C54H70O7Si2. The van der Waals surface area contributed by atoms with Gasteiger partial charge in [0, 0.05) is 36.2 Å². The second-order valence-corrected chi connectivity index (χ2v) is 30.3. The summed E-state index contributed by atoms with van der Waals surface area (Å²) in [5, 5.41) is 30.4. The first-order valence-electron chi connectivity index (χ1n) is 23.5. The summed E-state index contributed by atoms with van der Waals surface area (Å²) in [6.45, 7) is 20.6. The van der Waals surface area contributed by atoms with Gasteiger partial charge in [-0.15, -0.1) is 0 Å². The van der Waals surface area contributed by atoms with Crippen LogP contribution in [0.25, 0.3) is 0 Å². The molecule has 63 heavy (non-hydrogen) atoms. The highest BCUT2D eigenvalue weighted by Crippen LogP contribution is 2.71. The molecule has 2 heterocycles. The summed E-state index contributed by atoms with van der Waals surface area (Å²) in [7, 11) is -5.99. The molecule has 4 aromatic rings. The average molecular weight is 887 g/mol. The normalized spacial score (nSPS) is 31.7. The number of rotatable bonds is 11. The maximum Gasteiger partial charge on any atom is 0.261 e. The van der Waals surface area contributed by atoms with Crippen molar-refractivity contribution < 1.29 is 33.3 Å². The summed E-state index contributed by atoms with van der Waals surface area (Å²) >= 11 is 0. The van der Waals surface area contributed by atoms with Crippen LogP contribution < -0.4 is 20.7 Å². The molecule has 2 aliphatic heterocycles. The van der Waals surface area contributed by atoms with E-state index in [1.165, 1.54) is 26.3 Å². The van der Waals surface area contributed by atoms with Gasteiger partial charge >= 0.3 is 0 Å². The van der Waals surface area contributed by atoms with Crippen LogP contribution in [0.5, 0.6) is 0 Å². The minimum atomic E-state index is -3.09. The number of aliphatic hydroxyl groups excluding tert-OH is 2. The molecule has 2 N–H and O–H groups in total. The molecule has 0 aromatic heterocycles. The quantitative estimate of drug-likeness (QED) is 0.118. The fourth-order valence-electron chi connectivity index (χ4n) is 14.0. The highest BCUT2D eigenvalue weighted by Gasteiger charge is 2.75. The molecule has 0 amide bonds. The van der Waals surface area contributed by atoms with Crippen molar-refractivity contribution in [1.82, 2.24) is 0 Å². The Labute approximate surface area is 378 Å². The standard InChI is InChI=1S/C54H70O7Si2/c1-39-44-29-31-52-37-59-53(48(56)46(55)47(52)51(44,8)32-33-54(39)57-35-36-58-54,38-61-63(50(5,6)7,42-25-17-11-18-26-42)43-27-19-12-20-28-43)45(52)30-34-60-62(49(2,3)4,40-21-13-9-14-22-40)41-23-15-10-16-24-41/h9-29,39,45-48,55-56H,30-38H2,1-8H3/t39-,45+,46+,47+,48-,51-,52+,53-/m0/s1. The third-order valence-electron chi connectivity index (χ3n) is 16.7. The number of fused-ring (bicyclic) bond motifs is 3. The summed E-state index contributed by atoms with van der Waals surface area (Å²) in [6, 6.07) is 43.0. The second kappa shape index (κ2) is 16.3. The van der Waals surface area contributed by atoms with Crippen molar-refractivity contribution >= 4 is 37.4 Å². The van der Waals surface area contributed by atoms with E-state index >= 15 is 0 Å². The third kappa shape index (κ3) is 6.73. The van der Waals surface area contributed by atoms with Crippen LogP contribution in [0.3, 0.4) is 0 Å².